The maximum absolute atomic E-state index is 12.2. The molecule has 138 valence electrons. The van der Waals surface area contributed by atoms with Crippen molar-refractivity contribution in [3.8, 4) is 0 Å². The van der Waals surface area contributed by atoms with E-state index in [0.717, 1.165) is 38.8 Å². The van der Waals surface area contributed by atoms with Gasteiger partial charge in [-0.05, 0) is 45.4 Å². The van der Waals surface area contributed by atoms with Gasteiger partial charge >= 0.3 is 6.03 Å². The summed E-state index contributed by atoms with van der Waals surface area (Å²) in [5.41, 5.74) is -0.168. The van der Waals surface area contributed by atoms with Gasteiger partial charge in [-0.1, -0.05) is 13.8 Å². The number of piperidine rings is 1. The molecule has 0 spiro atoms. The first-order valence-electron chi connectivity index (χ1n) is 9.24. The molecular weight excluding hydrogens is 306 g/mol. The third kappa shape index (κ3) is 5.96. The molecule has 0 aromatic heterocycles. The van der Waals surface area contributed by atoms with E-state index in [4.69, 9.17) is 4.74 Å². The Morgan fingerprint density at radius 3 is 2.33 bits per heavy atom. The van der Waals surface area contributed by atoms with Gasteiger partial charge in [-0.2, -0.15) is 0 Å². The first kappa shape index (κ1) is 19.0. The summed E-state index contributed by atoms with van der Waals surface area (Å²) in [5.74, 6) is 0.625. The van der Waals surface area contributed by atoms with Crippen molar-refractivity contribution in [1.82, 2.24) is 15.5 Å². The highest BCUT2D eigenvalue weighted by molar-refractivity contribution is 5.77. The zero-order chi connectivity index (χ0) is 17.7. The predicted octanol–water partition coefficient (Wildman–Crippen LogP) is 2.28. The lowest BCUT2D eigenvalue weighted by Gasteiger charge is -2.36. The number of amides is 3. The second kappa shape index (κ2) is 8.19. The number of nitrogens with zero attached hydrogens (tertiary/aromatic N) is 1. The van der Waals surface area contributed by atoms with Crippen LogP contribution in [0.5, 0.6) is 0 Å². The minimum Gasteiger partial charge on any atom is -0.375 e. The molecule has 2 rings (SSSR count). The zero-order valence-corrected chi connectivity index (χ0v) is 15.6. The molecule has 2 saturated heterocycles. The fourth-order valence-corrected chi connectivity index (χ4v) is 3.52. The topological polar surface area (TPSA) is 70.7 Å². The van der Waals surface area contributed by atoms with E-state index in [0.29, 0.717) is 18.9 Å². The average Bonchev–Trinajstić information content (AvgIpc) is 2.46. The molecule has 0 radical (unpaired) electrons. The van der Waals surface area contributed by atoms with Crippen LogP contribution in [-0.2, 0) is 9.53 Å². The molecule has 2 aliphatic rings. The second-order valence-electron chi connectivity index (χ2n) is 8.17. The summed E-state index contributed by atoms with van der Waals surface area (Å²) in [7, 11) is 0. The fourth-order valence-electron chi connectivity index (χ4n) is 3.52. The number of hydrogen-bond acceptors (Lipinski definition) is 3. The van der Waals surface area contributed by atoms with Crippen LogP contribution in [0.2, 0.25) is 0 Å². The Hall–Kier alpha value is -1.30. The van der Waals surface area contributed by atoms with Crippen LogP contribution in [0.15, 0.2) is 0 Å². The lowest BCUT2D eigenvalue weighted by molar-refractivity contribution is -0.133. The lowest BCUT2D eigenvalue weighted by atomic mass is 9.94. The number of likely N-dealkylation sites (tertiary alicyclic amines) is 1. The SMILES string of the molecule is CC(C)CC(=O)N1CCC(NC(=O)NC2CCOC(C)(C)C2)CC1. The number of nitrogens with one attached hydrogen (secondary N) is 2. The molecule has 1 atom stereocenters. The van der Waals surface area contributed by atoms with E-state index in [2.05, 4.69) is 38.3 Å². The molecule has 2 aliphatic heterocycles. The van der Waals surface area contributed by atoms with E-state index in [1.54, 1.807) is 0 Å². The van der Waals surface area contributed by atoms with Gasteiger partial charge in [-0.3, -0.25) is 4.79 Å². The van der Waals surface area contributed by atoms with E-state index in [-0.39, 0.29) is 29.6 Å². The predicted molar refractivity (Wildman–Crippen MR) is 93.8 cm³/mol. The Morgan fingerprint density at radius 2 is 1.75 bits per heavy atom. The zero-order valence-electron chi connectivity index (χ0n) is 15.6. The van der Waals surface area contributed by atoms with Crippen LogP contribution in [0.3, 0.4) is 0 Å². The average molecular weight is 339 g/mol. The van der Waals surface area contributed by atoms with Crippen molar-refractivity contribution in [2.24, 2.45) is 5.92 Å². The lowest BCUT2D eigenvalue weighted by Crippen LogP contribution is -2.53. The Balaban J connectivity index is 1.69. The third-order valence-electron chi connectivity index (χ3n) is 4.80. The maximum Gasteiger partial charge on any atom is 0.315 e. The van der Waals surface area contributed by atoms with Gasteiger partial charge in [0.05, 0.1) is 5.60 Å². The van der Waals surface area contributed by atoms with Gasteiger partial charge in [0.15, 0.2) is 0 Å². The van der Waals surface area contributed by atoms with Crippen LogP contribution in [0.25, 0.3) is 0 Å². The summed E-state index contributed by atoms with van der Waals surface area (Å²) >= 11 is 0. The Kier molecular flexibility index (Phi) is 6.49. The smallest absolute Gasteiger partial charge is 0.315 e. The number of urea groups is 1. The monoisotopic (exact) mass is 339 g/mol. The summed E-state index contributed by atoms with van der Waals surface area (Å²) in [6.45, 7) is 10.4. The second-order valence-corrected chi connectivity index (χ2v) is 8.17. The quantitative estimate of drug-likeness (QED) is 0.825. The molecular formula is C18H33N3O3. The van der Waals surface area contributed by atoms with Crippen molar-refractivity contribution >= 4 is 11.9 Å². The summed E-state index contributed by atoms with van der Waals surface area (Å²) in [5, 5.41) is 6.14. The molecule has 2 N–H and O–H groups in total. The summed E-state index contributed by atoms with van der Waals surface area (Å²) in [4.78, 5) is 26.2. The summed E-state index contributed by atoms with van der Waals surface area (Å²) in [6.07, 6.45) is 3.97. The van der Waals surface area contributed by atoms with Gasteiger partial charge in [0.2, 0.25) is 5.91 Å². The molecule has 6 nitrogen and oxygen atoms in total. The third-order valence-corrected chi connectivity index (χ3v) is 4.80. The van der Waals surface area contributed by atoms with E-state index in [1.807, 2.05) is 4.90 Å². The van der Waals surface area contributed by atoms with Crippen molar-refractivity contribution in [3.63, 3.8) is 0 Å². The highest BCUT2D eigenvalue weighted by atomic mass is 16.5. The van der Waals surface area contributed by atoms with Crippen LogP contribution in [0.1, 0.15) is 59.8 Å². The van der Waals surface area contributed by atoms with Gasteiger partial charge in [-0.25, -0.2) is 4.79 Å². The summed E-state index contributed by atoms with van der Waals surface area (Å²) in [6, 6.07) is 0.229. The van der Waals surface area contributed by atoms with Crippen LogP contribution in [0.4, 0.5) is 4.79 Å². The highest BCUT2D eigenvalue weighted by Gasteiger charge is 2.30. The number of ether oxygens (including phenoxy) is 1. The summed E-state index contributed by atoms with van der Waals surface area (Å²) < 4.78 is 5.68. The Bertz CT molecular complexity index is 443. The molecule has 2 fully saturated rings. The van der Waals surface area contributed by atoms with E-state index in [9.17, 15) is 9.59 Å². The molecule has 0 aromatic rings. The minimum atomic E-state index is -0.168. The van der Waals surface area contributed by atoms with E-state index < -0.39 is 0 Å². The van der Waals surface area contributed by atoms with Gasteiger partial charge in [-0.15, -0.1) is 0 Å². The maximum atomic E-state index is 12.2. The van der Waals surface area contributed by atoms with E-state index in [1.165, 1.54) is 0 Å². The molecule has 0 aliphatic carbocycles. The highest BCUT2D eigenvalue weighted by Crippen LogP contribution is 2.23. The van der Waals surface area contributed by atoms with Gasteiger partial charge < -0.3 is 20.3 Å². The van der Waals surface area contributed by atoms with Crippen molar-refractivity contribution < 1.29 is 14.3 Å². The number of carbonyl (C=O) groups is 2. The number of carbonyl (C=O) groups excluding carboxylic acids is 2. The largest absolute Gasteiger partial charge is 0.375 e. The van der Waals surface area contributed by atoms with Crippen LogP contribution in [0, 0.1) is 5.92 Å². The number of rotatable bonds is 4. The molecule has 6 heteroatoms. The van der Waals surface area contributed by atoms with Gasteiger partial charge in [0.25, 0.3) is 0 Å². The fraction of sp³-hybridized carbons (Fsp3) is 0.889. The van der Waals surface area contributed by atoms with Gasteiger partial charge in [0, 0.05) is 38.2 Å². The molecule has 0 saturated carbocycles. The first-order valence-corrected chi connectivity index (χ1v) is 9.24. The van der Waals surface area contributed by atoms with Gasteiger partial charge in [0.1, 0.15) is 0 Å². The molecule has 3 amide bonds. The number of hydrogen-bond donors (Lipinski definition) is 2. The minimum absolute atomic E-state index is 0.0929. The Labute approximate surface area is 145 Å². The van der Waals surface area contributed by atoms with Crippen LogP contribution in [-0.4, -0.2) is 54.2 Å². The van der Waals surface area contributed by atoms with Crippen LogP contribution < -0.4 is 10.6 Å². The molecule has 0 aromatic carbocycles. The van der Waals surface area contributed by atoms with Crippen molar-refractivity contribution in [1.29, 1.82) is 0 Å². The molecule has 1 unspecified atom stereocenters. The Morgan fingerprint density at radius 1 is 1.12 bits per heavy atom. The van der Waals surface area contributed by atoms with Crippen molar-refractivity contribution in [2.45, 2.75) is 77.5 Å². The molecule has 24 heavy (non-hydrogen) atoms. The normalized spacial score (nSPS) is 24.7. The van der Waals surface area contributed by atoms with E-state index >= 15 is 0 Å². The van der Waals surface area contributed by atoms with Crippen LogP contribution >= 0.6 is 0 Å². The van der Waals surface area contributed by atoms with Crippen molar-refractivity contribution in [2.75, 3.05) is 19.7 Å². The van der Waals surface area contributed by atoms with Crippen molar-refractivity contribution in [3.05, 3.63) is 0 Å². The molecule has 2 heterocycles. The first-order chi connectivity index (χ1) is 11.2. The molecule has 0 bridgehead atoms. The standard InChI is InChI=1S/C18H33N3O3/c1-13(2)11-16(22)21-8-5-14(6-9-21)19-17(23)20-15-7-10-24-18(3,4)12-15/h13-15H,5-12H2,1-4H3,(H2,19,20,23).